The fourth-order valence-electron chi connectivity index (χ4n) is 1.96. The third-order valence-corrected chi connectivity index (χ3v) is 3.13. The summed E-state index contributed by atoms with van der Waals surface area (Å²) in [5.41, 5.74) is -3.66. The molecule has 5 nitrogen and oxygen atoms in total. The number of alkyl halides is 3. The number of methoxy groups -OCH3 is 2. The van der Waals surface area contributed by atoms with Crippen LogP contribution in [0.5, 0.6) is 0 Å². The summed E-state index contributed by atoms with van der Waals surface area (Å²) in [6.07, 6.45) is -6.18. The van der Waals surface area contributed by atoms with Gasteiger partial charge in [-0.25, -0.2) is 0 Å². The maximum absolute atomic E-state index is 13.0. The number of ketones is 1. The number of halogens is 3. The summed E-state index contributed by atoms with van der Waals surface area (Å²) in [5, 5.41) is 9.80. The van der Waals surface area contributed by atoms with Crippen molar-refractivity contribution in [2.75, 3.05) is 14.2 Å². The van der Waals surface area contributed by atoms with Crippen LogP contribution in [0.15, 0.2) is 11.3 Å². The van der Waals surface area contributed by atoms with Gasteiger partial charge in [0.25, 0.3) is 0 Å². The lowest BCUT2D eigenvalue weighted by molar-refractivity contribution is -0.278. The molecular formula is C11H13F3O5. The second-order valence-corrected chi connectivity index (χ2v) is 4.17. The molecule has 0 aromatic carbocycles. The van der Waals surface area contributed by atoms with Crippen LogP contribution in [0.3, 0.4) is 0 Å². The minimum absolute atomic E-state index is 0.133. The summed E-state index contributed by atoms with van der Waals surface area (Å²) in [4.78, 5) is 23.3. The van der Waals surface area contributed by atoms with Gasteiger partial charge in [0, 0.05) is 12.0 Å². The molecule has 1 rings (SSSR count). The second kappa shape index (κ2) is 4.84. The van der Waals surface area contributed by atoms with Crippen molar-refractivity contribution in [3.05, 3.63) is 11.3 Å². The Morgan fingerprint density at radius 3 is 2.32 bits per heavy atom. The molecule has 1 N–H and O–H groups in total. The molecule has 0 radical (unpaired) electrons. The second-order valence-electron chi connectivity index (χ2n) is 4.17. The number of allylic oxidation sites excluding steroid dienone is 1. The van der Waals surface area contributed by atoms with Crippen LogP contribution in [0.25, 0.3) is 0 Å². The van der Waals surface area contributed by atoms with Crippen LogP contribution in [0, 0.1) is 5.92 Å². The normalized spacial score (nSPS) is 28.4. The van der Waals surface area contributed by atoms with Gasteiger partial charge in [0.15, 0.2) is 17.3 Å². The molecule has 0 saturated carbocycles. The van der Waals surface area contributed by atoms with Crippen LogP contribution < -0.4 is 0 Å². The quantitative estimate of drug-likeness (QED) is 0.603. The van der Waals surface area contributed by atoms with Crippen molar-refractivity contribution < 1.29 is 37.3 Å². The van der Waals surface area contributed by atoms with Crippen molar-refractivity contribution in [2.45, 2.75) is 25.1 Å². The molecule has 0 heterocycles. The zero-order valence-electron chi connectivity index (χ0n) is 10.5. The van der Waals surface area contributed by atoms with Crippen LogP contribution in [0.2, 0.25) is 0 Å². The van der Waals surface area contributed by atoms with E-state index in [1.807, 2.05) is 0 Å². The van der Waals surface area contributed by atoms with Crippen LogP contribution in [0.4, 0.5) is 13.2 Å². The van der Waals surface area contributed by atoms with Crippen molar-refractivity contribution in [1.29, 1.82) is 0 Å². The van der Waals surface area contributed by atoms with Gasteiger partial charge in [0.2, 0.25) is 0 Å². The number of carbonyl (C=O) groups is 2. The fraction of sp³-hybridized carbons (Fsp3) is 0.636. The Balaban J connectivity index is 3.44. The van der Waals surface area contributed by atoms with E-state index in [-0.39, 0.29) is 11.3 Å². The number of rotatable bonds is 2. The minimum Gasteiger partial charge on any atom is -0.501 e. The largest absolute Gasteiger partial charge is 0.501 e. The molecule has 0 saturated heterocycles. The van der Waals surface area contributed by atoms with Gasteiger partial charge in [-0.2, -0.15) is 13.2 Å². The number of carbonyl (C=O) groups excluding carboxylic acids is 2. The van der Waals surface area contributed by atoms with E-state index in [9.17, 15) is 27.9 Å². The fourth-order valence-corrected chi connectivity index (χ4v) is 1.96. The lowest BCUT2D eigenvalue weighted by atomic mass is 9.73. The number of esters is 1. The average Bonchev–Trinajstić information content (AvgIpc) is 2.32. The Bertz CT molecular complexity index is 440. The molecule has 0 fully saturated rings. The maximum Gasteiger partial charge on any atom is 0.418 e. The smallest absolute Gasteiger partial charge is 0.418 e. The molecule has 0 amide bonds. The summed E-state index contributed by atoms with van der Waals surface area (Å²) < 4.78 is 47.8. The summed E-state index contributed by atoms with van der Waals surface area (Å²) in [6, 6.07) is 0. The van der Waals surface area contributed by atoms with Gasteiger partial charge < -0.3 is 14.6 Å². The Hall–Kier alpha value is -1.57. The van der Waals surface area contributed by atoms with E-state index < -0.39 is 35.9 Å². The van der Waals surface area contributed by atoms with Crippen molar-refractivity contribution in [3.8, 4) is 0 Å². The van der Waals surface area contributed by atoms with Gasteiger partial charge >= 0.3 is 12.1 Å². The molecule has 1 aliphatic rings. The highest BCUT2D eigenvalue weighted by molar-refractivity contribution is 6.10. The van der Waals surface area contributed by atoms with Gasteiger partial charge in [-0.15, -0.1) is 0 Å². The number of Topliss-reactive ketones (excluding diaryl/α,β-unsaturated/α-hetero) is 1. The van der Waals surface area contributed by atoms with Crippen LogP contribution in [0.1, 0.15) is 13.3 Å². The summed E-state index contributed by atoms with van der Waals surface area (Å²) >= 11 is 0. The molecule has 0 spiro atoms. The first-order valence-corrected chi connectivity index (χ1v) is 5.25. The standard InChI is InChI=1S/C11H13F3O5/c1-5-6(18-2)4-10(17,11(12,13)14)7(8(5)15)9(16)19-3/h7,17H,4H2,1-3H3/t7-,10-/m0/s1. The van der Waals surface area contributed by atoms with Crippen molar-refractivity contribution >= 4 is 11.8 Å². The monoisotopic (exact) mass is 282 g/mol. The average molecular weight is 282 g/mol. The van der Waals surface area contributed by atoms with Gasteiger partial charge in [-0.1, -0.05) is 0 Å². The van der Waals surface area contributed by atoms with Gasteiger partial charge in [0.05, 0.1) is 14.2 Å². The number of hydrogen-bond acceptors (Lipinski definition) is 5. The molecule has 0 aliphatic heterocycles. The van der Waals surface area contributed by atoms with E-state index in [1.54, 1.807) is 0 Å². The van der Waals surface area contributed by atoms with Crippen molar-refractivity contribution in [2.24, 2.45) is 5.92 Å². The Kier molecular flexibility index (Phi) is 3.94. The molecule has 0 aromatic rings. The predicted octanol–water partition coefficient (Wildman–Crippen LogP) is 0.962. The van der Waals surface area contributed by atoms with Crippen LogP contribution in [-0.2, 0) is 19.1 Å². The SMILES string of the molecule is COC(=O)[C@@H]1C(=O)C(C)=C(OC)C[C@@]1(O)C(F)(F)F. The highest BCUT2D eigenvalue weighted by Gasteiger charge is 2.66. The van der Waals surface area contributed by atoms with Crippen LogP contribution in [-0.4, -0.2) is 42.9 Å². The van der Waals surface area contributed by atoms with E-state index in [1.165, 1.54) is 6.92 Å². The first-order chi connectivity index (χ1) is 8.60. The summed E-state index contributed by atoms with van der Waals surface area (Å²) in [6.45, 7) is 1.23. The van der Waals surface area contributed by atoms with E-state index >= 15 is 0 Å². The Labute approximate surface area is 107 Å². The molecule has 0 unspecified atom stereocenters. The zero-order valence-corrected chi connectivity index (χ0v) is 10.5. The molecule has 1 aliphatic carbocycles. The molecule has 19 heavy (non-hydrogen) atoms. The Morgan fingerprint density at radius 1 is 1.42 bits per heavy atom. The lowest BCUT2D eigenvalue weighted by Gasteiger charge is -2.38. The van der Waals surface area contributed by atoms with Crippen molar-refractivity contribution in [1.82, 2.24) is 0 Å². The van der Waals surface area contributed by atoms with E-state index in [2.05, 4.69) is 9.47 Å². The van der Waals surface area contributed by atoms with E-state index in [0.717, 1.165) is 14.2 Å². The Morgan fingerprint density at radius 2 is 1.95 bits per heavy atom. The molecule has 8 heteroatoms. The third kappa shape index (κ3) is 2.32. The molecular weight excluding hydrogens is 269 g/mol. The van der Waals surface area contributed by atoms with E-state index in [4.69, 9.17) is 0 Å². The third-order valence-electron chi connectivity index (χ3n) is 3.13. The van der Waals surface area contributed by atoms with Gasteiger partial charge in [-0.05, 0) is 6.92 Å². The minimum atomic E-state index is -5.17. The molecule has 0 aromatic heterocycles. The van der Waals surface area contributed by atoms with Gasteiger partial charge in [0.1, 0.15) is 5.76 Å². The maximum atomic E-state index is 13.0. The summed E-state index contributed by atoms with van der Waals surface area (Å²) in [7, 11) is 1.93. The van der Waals surface area contributed by atoms with E-state index in [0.29, 0.717) is 0 Å². The molecule has 2 atom stereocenters. The zero-order chi connectivity index (χ0) is 15.0. The summed E-state index contributed by atoms with van der Waals surface area (Å²) in [5.74, 6) is -5.23. The molecule has 0 bridgehead atoms. The van der Waals surface area contributed by atoms with Gasteiger partial charge in [-0.3, -0.25) is 9.59 Å². The highest BCUT2D eigenvalue weighted by Crippen LogP contribution is 2.46. The topological polar surface area (TPSA) is 72.8 Å². The number of hydrogen-bond donors (Lipinski definition) is 1. The predicted molar refractivity (Wildman–Crippen MR) is 55.8 cm³/mol. The highest BCUT2D eigenvalue weighted by atomic mass is 19.4. The lowest BCUT2D eigenvalue weighted by Crippen LogP contribution is -2.59. The first kappa shape index (κ1) is 15.5. The van der Waals surface area contributed by atoms with Crippen molar-refractivity contribution in [3.63, 3.8) is 0 Å². The number of ether oxygens (including phenoxy) is 2. The molecule has 108 valence electrons. The number of aliphatic hydroxyl groups is 1. The first-order valence-electron chi connectivity index (χ1n) is 5.25. The van der Waals surface area contributed by atoms with Crippen LogP contribution >= 0.6 is 0 Å².